The van der Waals surface area contributed by atoms with Crippen molar-refractivity contribution in [3.05, 3.63) is 60.2 Å². The zero-order valence-corrected chi connectivity index (χ0v) is 10.4. The van der Waals surface area contributed by atoms with E-state index in [1.807, 2.05) is 30.3 Å². The molecule has 2 aromatic heterocycles. The predicted octanol–water partition coefficient (Wildman–Crippen LogP) is 2.64. The van der Waals surface area contributed by atoms with Gasteiger partial charge in [0.2, 0.25) is 0 Å². The molecule has 1 aromatic carbocycles. The van der Waals surface area contributed by atoms with Crippen LogP contribution in [-0.4, -0.2) is 15.9 Å². The third-order valence-corrected chi connectivity index (χ3v) is 3.08. The first-order valence-electron chi connectivity index (χ1n) is 6.21. The van der Waals surface area contributed by atoms with Crippen LogP contribution in [0.2, 0.25) is 0 Å². The number of halogens is 1. The Kier molecular flexibility index (Phi) is 3.01. The van der Waals surface area contributed by atoms with Crippen LogP contribution >= 0.6 is 0 Å². The van der Waals surface area contributed by atoms with E-state index in [4.69, 9.17) is 5.73 Å². The van der Waals surface area contributed by atoms with E-state index in [-0.39, 0.29) is 5.82 Å². The Bertz CT molecular complexity index is 704. The van der Waals surface area contributed by atoms with Gasteiger partial charge < -0.3 is 5.73 Å². The van der Waals surface area contributed by atoms with Gasteiger partial charge in [0, 0.05) is 18.2 Å². The number of rotatable bonds is 3. The largest absolute Gasteiger partial charge is 0.330 e. The highest BCUT2D eigenvalue weighted by molar-refractivity contribution is 5.67. The monoisotopic (exact) mass is 255 g/mol. The molecule has 0 fully saturated rings. The number of hydrogen-bond donors (Lipinski definition) is 1. The molecule has 4 heteroatoms. The Morgan fingerprint density at radius 1 is 1.11 bits per heavy atom. The van der Waals surface area contributed by atoms with Crippen LogP contribution in [0.25, 0.3) is 16.9 Å². The molecule has 0 saturated heterocycles. The van der Waals surface area contributed by atoms with Gasteiger partial charge in [-0.2, -0.15) is 0 Å². The molecule has 2 N–H and O–H groups in total. The van der Waals surface area contributed by atoms with Gasteiger partial charge in [-0.3, -0.25) is 4.40 Å². The molecular formula is C15H14FN3. The number of pyridine rings is 1. The number of hydrogen-bond acceptors (Lipinski definition) is 2. The number of aromatic nitrogens is 2. The minimum Gasteiger partial charge on any atom is -0.330 e. The number of nitrogens with two attached hydrogens (primary N) is 1. The van der Waals surface area contributed by atoms with Crippen molar-refractivity contribution in [3.63, 3.8) is 0 Å². The van der Waals surface area contributed by atoms with Crippen LogP contribution in [0.4, 0.5) is 4.39 Å². The zero-order chi connectivity index (χ0) is 13.2. The third kappa shape index (κ3) is 2.11. The van der Waals surface area contributed by atoms with E-state index in [1.165, 1.54) is 12.3 Å². The summed E-state index contributed by atoms with van der Waals surface area (Å²) in [7, 11) is 0. The Labute approximate surface area is 110 Å². The molecule has 2 heterocycles. The molecule has 0 bridgehead atoms. The lowest BCUT2D eigenvalue weighted by molar-refractivity contribution is 0.619. The summed E-state index contributed by atoms with van der Waals surface area (Å²) in [6, 6.07) is 13.0. The molecule has 0 spiro atoms. The van der Waals surface area contributed by atoms with E-state index in [2.05, 4.69) is 4.98 Å². The highest BCUT2D eigenvalue weighted by Crippen LogP contribution is 2.25. The number of imidazole rings is 1. The quantitative estimate of drug-likeness (QED) is 0.781. The zero-order valence-electron chi connectivity index (χ0n) is 10.4. The Morgan fingerprint density at radius 2 is 1.89 bits per heavy atom. The highest BCUT2D eigenvalue weighted by Gasteiger charge is 2.13. The van der Waals surface area contributed by atoms with Crippen LogP contribution in [0.1, 0.15) is 5.69 Å². The van der Waals surface area contributed by atoms with Crippen LogP contribution in [0, 0.1) is 5.82 Å². The van der Waals surface area contributed by atoms with Crippen LogP contribution in [0.3, 0.4) is 0 Å². The summed E-state index contributed by atoms with van der Waals surface area (Å²) >= 11 is 0. The lowest BCUT2D eigenvalue weighted by Gasteiger charge is -2.04. The smallest absolute Gasteiger partial charge is 0.139 e. The van der Waals surface area contributed by atoms with Crippen molar-refractivity contribution in [1.82, 2.24) is 9.38 Å². The summed E-state index contributed by atoms with van der Waals surface area (Å²) in [5.74, 6) is -0.277. The van der Waals surface area contributed by atoms with Crippen LogP contribution in [0.5, 0.6) is 0 Å². The van der Waals surface area contributed by atoms with E-state index < -0.39 is 0 Å². The summed E-state index contributed by atoms with van der Waals surface area (Å²) in [6.07, 6.45) is 2.14. The normalized spacial score (nSPS) is 11.1. The summed E-state index contributed by atoms with van der Waals surface area (Å²) in [4.78, 5) is 4.54. The molecule has 0 saturated carbocycles. The van der Waals surface area contributed by atoms with Gasteiger partial charge in [0.15, 0.2) is 0 Å². The number of nitrogens with zero attached hydrogens (tertiary/aromatic N) is 2. The summed E-state index contributed by atoms with van der Waals surface area (Å²) in [6.45, 7) is 0.520. The van der Waals surface area contributed by atoms with E-state index in [0.717, 1.165) is 22.6 Å². The van der Waals surface area contributed by atoms with Gasteiger partial charge in [-0.25, -0.2) is 9.37 Å². The second-order valence-electron chi connectivity index (χ2n) is 4.39. The average Bonchev–Trinajstić information content (AvgIpc) is 2.77. The SMILES string of the molecule is NCCc1nc2ccc(F)cn2c1-c1ccccc1. The fourth-order valence-corrected chi connectivity index (χ4v) is 2.28. The van der Waals surface area contributed by atoms with E-state index in [0.29, 0.717) is 13.0 Å². The standard InChI is InChI=1S/C15H14FN3/c16-12-6-7-14-18-13(8-9-17)15(19(14)10-12)11-4-2-1-3-5-11/h1-7,10H,8-9,17H2. The lowest BCUT2D eigenvalue weighted by atomic mass is 10.1. The molecule has 0 aliphatic heterocycles. The van der Waals surface area contributed by atoms with E-state index in [1.54, 1.807) is 10.5 Å². The predicted molar refractivity (Wildman–Crippen MR) is 73.3 cm³/mol. The van der Waals surface area contributed by atoms with Crippen molar-refractivity contribution in [2.45, 2.75) is 6.42 Å². The Balaban J connectivity index is 2.30. The van der Waals surface area contributed by atoms with Crippen molar-refractivity contribution >= 4 is 5.65 Å². The van der Waals surface area contributed by atoms with Gasteiger partial charge in [-0.15, -0.1) is 0 Å². The topological polar surface area (TPSA) is 43.3 Å². The summed E-state index contributed by atoms with van der Waals surface area (Å²) < 4.78 is 15.2. The second kappa shape index (κ2) is 4.82. The molecule has 0 aliphatic rings. The molecular weight excluding hydrogens is 241 g/mol. The van der Waals surface area contributed by atoms with Crippen molar-refractivity contribution in [1.29, 1.82) is 0 Å². The maximum atomic E-state index is 13.5. The first-order chi connectivity index (χ1) is 9.29. The highest BCUT2D eigenvalue weighted by atomic mass is 19.1. The van der Waals surface area contributed by atoms with Gasteiger partial charge in [-0.1, -0.05) is 30.3 Å². The molecule has 0 atom stereocenters. The fraction of sp³-hybridized carbons (Fsp3) is 0.133. The minimum atomic E-state index is -0.277. The van der Waals surface area contributed by atoms with E-state index in [9.17, 15) is 4.39 Å². The molecule has 3 rings (SSSR count). The molecule has 0 amide bonds. The lowest BCUT2D eigenvalue weighted by Crippen LogP contribution is -2.04. The third-order valence-electron chi connectivity index (χ3n) is 3.08. The van der Waals surface area contributed by atoms with Crippen LogP contribution in [0.15, 0.2) is 48.7 Å². The molecule has 96 valence electrons. The Hall–Kier alpha value is -2.20. The second-order valence-corrected chi connectivity index (χ2v) is 4.39. The van der Waals surface area contributed by atoms with Crippen molar-refractivity contribution < 1.29 is 4.39 Å². The maximum absolute atomic E-state index is 13.5. The van der Waals surface area contributed by atoms with Gasteiger partial charge >= 0.3 is 0 Å². The summed E-state index contributed by atoms with van der Waals surface area (Å²) in [5, 5.41) is 0. The number of fused-ring (bicyclic) bond motifs is 1. The van der Waals surface area contributed by atoms with Crippen molar-refractivity contribution in [2.24, 2.45) is 5.73 Å². The van der Waals surface area contributed by atoms with Gasteiger partial charge in [0.25, 0.3) is 0 Å². The van der Waals surface area contributed by atoms with Gasteiger partial charge in [0.05, 0.1) is 11.4 Å². The minimum absolute atomic E-state index is 0.277. The molecule has 3 aromatic rings. The molecule has 0 aliphatic carbocycles. The van der Waals surface area contributed by atoms with Gasteiger partial charge in [-0.05, 0) is 18.7 Å². The molecule has 0 radical (unpaired) electrons. The first kappa shape index (κ1) is 11.9. The van der Waals surface area contributed by atoms with Gasteiger partial charge in [0.1, 0.15) is 11.5 Å². The van der Waals surface area contributed by atoms with Crippen LogP contribution < -0.4 is 5.73 Å². The fourth-order valence-electron chi connectivity index (χ4n) is 2.28. The average molecular weight is 255 g/mol. The molecule has 0 unspecified atom stereocenters. The van der Waals surface area contributed by atoms with Crippen molar-refractivity contribution in [2.75, 3.05) is 6.54 Å². The van der Waals surface area contributed by atoms with Crippen molar-refractivity contribution in [3.8, 4) is 11.3 Å². The number of benzene rings is 1. The molecule has 3 nitrogen and oxygen atoms in total. The maximum Gasteiger partial charge on any atom is 0.139 e. The Morgan fingerprint density at radius 3 is 2.63 bits per heavy atom. The summed E-state index contributed by atoms with van der Waals surface area (Å²) in [5.41, 5.74) is 9.21. The van der Waals surface area contributed by atoms with Crippen LogP contribution in [-0.2, 0) is 6.42 Å². The molecule has 19 heavy (non-hydrogen) atoms. The first-order valence-corrected chi connectivity index (χ1v) is 6.21. The van der Waals surface area contributed by atoms with E-state index >= 15 is 0 Å².